The van der Waals surface area contributed by atoms with Crippen molar-refractivity contribution in [1.29, 1.82) is 0 Å². The Labute approximate surface area is 157 Å². The second-order valence-corrected chi connectivity index (χ2v) is 9.55. The molecule has 150 valence electrons. The Morgan fingerprint density at radius 3 is 2.58 bits per heavy atom. The lowest BCUT2D eigenvalue weighted by molar-refractivity contribution is 0.139. The van der Waals surface area contributed by atoms with Gasteiger partial charge in [0.15, 0.2) is 5.96 Å². The number of piperazine rings is 1. The molecule has 0 aromatic rings. The van der Waals surface area contributed by atoms with Gasteiger partial charge in [-0.3, -0.25) is 9.89 Å². The Kier molecular flexibility index (Phi) is 6.76. The van der Waals surface area contributed by atoms with Gasteiger partial charge >= 0.3 is 0 Å². The number of nitrogens with zero attached hydrogens (tertiary/aromatic N) is 4. The minimum absolute atomic E-state index is 0.0328. The van der Waals surface area contributed by atoms with Crippen LogP contribution in [0.4, 0.5) is 0 Å². The van der Waals surface area contributed by atoms with Crippen LogP contribution < -0.4 is 5.32 Å². The molecule has 0 saturated carbocycles. The van der Waals surface area contributed by atoms with Crippen LogP contribution in [0, 0.1) is 5.92 Å². The van der Waals surface area contributed by atoms with Gasteiger partial charge in [0.1, 0.15) is 0 Å². The SMILES string of the molecule is CN=C(NC[C@H]1CCCN1S(C)(=O)=O)N1CCN(CC2CCOC2)CC1. The number of guanidine groups is 1. The number of aliphatic imine (C=N–C) groups is 1. The third-order valence-electron chi connectivity index (χ3n) is 5.67. The van der Waals surface area contributed by atoms with Gasteiger partial charge in [0.05, 0.1) is 12.9 Å². The van der Waals surface area contributed by atoms with Gasteiger partial charge in [-0.2, -0.15) is 4.31 Å². The minimum Gasteiger partial charge on any atom is -0.381 e. The van der Waals surface area contributed by atoms with E-state index < -0.39 is 10.0 Å². The van der Waals surface area contributed by atoms with Crippen LogP contribution in [0.25, 0.3) is 0 Å². The lowest BCUT2D eigenvalue weighted by atomic mass is 10.1. The average molecular weight is 388 g/mol. The first kappa shape index (κ1) is 19.9. The standard InChI is InChI=1S/C17H33N5O3S/c1-18-17(19-12-16-4-3-6-22(16)26(2,23)24)21-9-7-20(8-10-21)13-15-5-11-25-14-15/h15-16H,3-14H2,1-2H3,(H,18,19)/t15?,16-/m1/s1. The number of nitrogens with one attached hydrogen (secondary N) is 1. The van der Waals surface area contributed by atoms with Gasteiger partial charge in [-0.15, -0.1) is 0 Å². The largest absolute Gasteiger partial charge is 0.381 e. The zero-order valence-corrected chi connectivity index (χ0v) is 16.9. The number of rotatable bonds is 5. The highest BCUT2D eigenvalue weighted by molar-refractivity contribution is 7.88. The van der Waals surface area contributed by atoms with Gasteiger partial charge in [-0.1, -0.05) is 0 Å². The maximum absolute atomic E-state index is 11.9. The molecule has 1 unspecified atom stereocenters. The van der Waals surface area contributed by atoms with Gasteiger partial charge in [0.25, 0.3) is 0 Å². The molecule has 26 heavy (non-hydrogen) atoms. The van der Waals surface area contributed by atoms with E-state index in [1.54, 1.807) is 11.4 Å². The van der Waals surface area contributed by atoms with Crippen molar-refractivity contribution >= 4 is 16.0 Å². The van der Waals surface area contributed by atoms with E-state index in [0.717, 1.165) is 64.7 Å². The lowest BCUT2D eigenvalue weighted by Gasteiger charge is -2.37. The molecule has 3 heterocycles. The van der Waals surface area contributed by atoms with E-state index in [1.165, 1.54) is 12.7 Å². The quantitative estimate of drug-likeness (QED) is 0.513. The van der Waals surface area contributed by atoms with Crippen molar-refractivity contribution in [3.8, 4) is 0 Å². The molecule has 8 nitrogen and oxygen atoms in total. The van der Waals surface area contributed by atoms with Crippen LogP contribution in [0.5, 0.6) is 0 Å². The number of hydrogen-bond donors (Lipinski definition) is 1. The first-order valence-corrected chi connectivity index (χ1v) is 11.5. The predicted molar refractivity (Wildman–Crippen MR) is 103 cm³/mol. The molecular weight excluding hydrogens is 354 g/mol. The summed E-state index contributed by atoms with van der Waals surface area (Å²) in [6.45, 7) is 8.18. The van der Waals surface area contributed by atoms with Crippen LogP contribution in [-0.2, 0) is 14.8 Å². The van der Waals surface area contributed by atoms with Crippen molar-refractivity contribution in [3.05, 3.63) is 0 Å². The van der Waals surface area contributed by atoms with E-state index in [1.807, 2.05) is 0 Å². The van der Waals surface area contributed by atoms with Crippen LogP contribution in [-0.4, -0.2) is 107 Å². The molecule has 0 aromatic carbocycles. The van der Waals surface area contributed by atoms with Crippen molar-refractivity contribution in [2.24, 2.45) is 10.9 Å². The van der Waals surface area contributed by atoms with Gasteiger partial charge < -0.3 is 15.0 Å². The fraction of sp³-hybridized carbons (Fsp3) is 0.941. The first-order chi connectivity index (χ1) is 12.5. The Bertz CT molecular complexity index is 583. The second-order valence-electron chi connectivity index (χ2n) is 7.62. The number of sulfonamides is 1. The van der Waals surface area contributed by atoms with Crippen molar-refractivity contribution < 1.29 is 13.2 Å². The van der Waals surface area contributed by atoms with Gasteiger partial charge in [-0.05, 0) is 25.2 Å². The van der Waals surface area contributed by atoms with E-state index in [4.69, 9.17) is 4.74 Å². The summed E-state index contributed by atoms with van der Waals surface area (Å²) < 4.78 is 30.9. The maximum atomic E-state index is 11.9. The molecule has 3 aliphatic heterocycles. The molecule has 0 amide bonds. The molecule has 3 fully saturated rings. The Morgan fingerprint density at radius 1 is 1.19 bits per heavy atom. The molecule has 1 N–H and O–H groups in total. The van der Waals surface area contributed by atoms with E-state index in [2.05, 4.69) is 20.1 Å². The summed E-state index contributed by atoms with van der Waals surface area (Å²) in [5.41, 5.74) is 0. The summed E-state index contributed by atoms with van der Waals surface area (Å²) in [6.07, 6.45) is 4.33. The van der Waals surface area contributed by atoms with Crippen LogP contribution in [0.3, 0.4) is 0 Å². The Balaban J connectivity index is 1.44. The fourth-order valence-corrected chi connectivity index (χ4v) is 5.41. The van der Waals surface area contributed by atoms with Crippen molar-refractivity contribution in [2.75, 3.05) is 72.3 Å². The highest BCUT2D eigenvalue weighted by Crippen LogP contribution is 2.20. The fourth-order valence-electron chi connectivity index (χ4n) is 4.23. The molecule has 0 bridgehead atoms. The van der Waals surface area contributed by atoms with E-state index in [-0.39, 0.29) is 6.04 Å². The zero-order valence-electron chi connectivity index (χ0n) is 16.1. The number of ether oxygens (including phenoxy) is 1. The van der Waals surface area contributed by atoms with Crippen LogP contribution in [0.1, 0.15) is 19.3 Å². The van der Waals surface area contributed by atoms with Crippen molar-refractivity contribution in [3.63, 3.8) is 0 Å². The van der Waals surface area contributed by atoms with Crippen molar-refractivity contribution in [2.45, 2.75) is 25.3 Å². The summed E-state index contributed by atoms with van der Waals surface area (Å²) in [5.74, 6) is 1.57. The maximum Gasteiger partial charge on any atom is 0.211 e. The zero-order chi connectivity index (χ0) is 18.6. The smallest absolute Gasteiger partial charge is 0.211 e. The Morgan fingerprint density at radius 2 is 1.96 bits per heavy atom. The topological polar surface area (TPSA) is 77.5 Å². The minimum atomic E-state index is -3.13. The monoisotopic (exact) mass is 387 g/mol. The third kappa shape index (κ3) is 5.09. The van der Waals surface area contributed by atoms with Crippen LogP contribution in [0.2, 0.25) is 0 Å². The molecule has 3 rings (SSSR count). The first-order valence-electron chi connectivity index (χ1n) is 9.70. The highest BCUT2D eigenvalue weighted by atomic mass is 32.2. The second kappa shape index (κ2) is 8.86. The summed E-state index contributed by atoms with van der Waals surface area (Å²) in [6, 6.07) is 0.0328. The molecule has 0 aliphatic carbocycles. The van der Waals surface area contributed by atoms with E-state index in [0.29, 0.717) is 19.0 Å². The molecule has 2 atom stereocenters. The molecule has 0 aromatic heterocycles. The molecule has 0 spiro atoms. The predicted octanol–water partition coefficient (Wildman–Crippen LogP) is -0.360. The van der Waals surface area contributed by atoms with E-state index in [9.17, 15) is 8.42 Å². The summed E-state index contributed by atoms with van der Waals surface area (Å²) in [4.78, 5) is 9.21. The average Bonchev–Trinajstić information content (AvgIpc) is 3.28. The van der Waals surface area contributed by atoms with Gasteiger partial charge in [0.2, 0.25) is 10.0 Å². The summed E-state index contributed by atoms with van der Waals surface area (Å²) in [7, 11) is -1.33. The normalized spacial score (nSPS) is 29.5. The van der Waals surface area contributed by atoms with Crippen LogP contribution in [0.15, 0.2) is 4.99 Å². The van der Waals surface area contributed by atoms with E-state index >= 15 is 0 Å². The summed E-state index contributed by atoms with van der Waals surface area (Å²) in [5, 5.41) is 3.40. The molecule has 9 heteroatoms. The van der Waals surface area contributed by atoms with Crippen molar-refractivity contribution in [1.82, 2.24) is 19.4 Å². The molecular formula is C17H33N5O3S. The molecule has 3 aliphatic rings. The molecule has 0 radical (unpaired) electrons. The van der Waals surface area contributed by atoms with Gasteiger partial charge in [-0.25, -0.2) is 8.42 Å². The van der Waals surface area contributed by atoms with Crippen LogP contribution >= 0.6 is 0 Å². The summed E-state index contributed by atoms with van der Waals surface area (Å²) >= 11 is 0. The van der Waals surface area contributed by atoms with Gasteiger partial charge in [0, 0.05) is 65.5 Å². The number of hydrogen-bond acceptors (Lipinski definition) is 5. The lowest BCUT2D eigenvalue weighted by Crippen LogP contribution is -2.54. The third-order valence-corrected chi connectivity index (χ3v) is 7.00. The highest BCUT2D eigenvalue weighted by Gasteiger charge is 2.32. The Hall–Kier alpha value is -0.900. The molecule has 3 saturated heterocycles.